The summed E-state index contributed by atoms with van der Waals surface area (Å²) in [6.45, 7) is -0.0473. The van der Waals surface area contributed by atoms with Gasteiger partial charge in [-0.2, -0.15) is 0 Å². The van der Waals surface area contributed by atoms with Crippen LogP contribution in [0.2, 0.25) is 0 Å². The zero-order valence-corrected chi connectivity index (χ0v) is 32.8. The van der Waals surface area contributed by atoms with Crippen molar-refractivity contribution in [2.75, 3.05) is 27.4 Å². The number of hydrogen-bond acceptors (Lipinski definition) is 14. The Morgan fingerprint density at radius 2 is 0.917 bits per heavy atom. The molecule has 0 aliphatic carbocycles. The SMILES string of the molecule is CO[C@@H]1OC(COC(=O)c2ccccc2)[C@@H](O)[C@H](N=[N+]=[N-])C1OCc1ccccc1.CO[C@H]1OC(COC(=O)c2ccccc2)[C@@H](O)[C@H](N=[N+]=[N-])C1OCc1ccccc1. The Hall–Kier alpha value is -5.88. The number of rotatable bonds is 16. The summed E-state index contributed by atoms with van der Waals surface area (Å²) in [6.07, 6.45) is -7.94. The van der Waals surface area contributed by atoms with E-state index in [1.54, 1.807) is 60.7 Å². The summed E-state index contributed by atoms with van der Waals surface area (Å²) in [5, 5.41) is 28.8. The fourth-order valence-electron chi connectivity index (χ4n) is 6.37. The molecule has 0 radical (unpaired) electrons. The van der Waals surface area contributed by atoms with Crippen molar-refractivity contribution in [2.24, 2.45) is 10.2 Å². The third-order valence-corrected chi connectivity index (χ3v) is 9.47. The van der Waals surface area contributed by atoms with Crippen LogP contribution in [0.25, 0.3) is 20.9 Å². The Kier molecular flexibility index (Phi) is 17.8. The number of ether oxygens (including phenoxy) is 8. The first kappa shape index (κ1) is 45.2. The molecule has 2 heterocycles. The first-order valence-electron chi connectivity index (χ1n) is 18.8. The normalized spacial score (nSPS) is 25.9. The van der Waals surface area contributed by atoms with Gasteiger partial charge < -0.3 is 48.1 Å². The first-order valence-corrected chi connectivity index (χ1v) is 18.8. The molecule has 2 fully saturated rings. The maximum atomic E-state index is 12.2. The van der Waals surface area contributed by atoms with E-state index in [2.05, 4.69) is 20.1 Å². The second-order valence-electron chi connectivity index (χ2n) is 13.4. The summed E-state index contributed by atoms with van der Waals surface area (Å²) < 4.78 is 44.5. The number of aliphatic hydroxyl groups excluding tert-OH is 2. The summed E-state index contributed by atoms with van der Waals surface area (Å²) in [6, 6.07) is 33.8. The predicted octanol–water partition coefficient (Wildman–Crippen LogP) is 5.68. The van der Waals surface area contributed by atoms with Crippen molar-refractivity contribution in [1.29, 1.82) is 0 Å². The molecule has 4 unspecified atom stereocenters. The first-order chi connectivity index (χ1) is 29.3. The monoisotopic (exact) mass is 826 g/mol. The summed E-state index contributed by atoms with van der Waals surface area (Å²) >= 11 is 0. The molecule has 2 aliphatic heterocycles. The van der Waals surface area contributed by atoms with Crippen molar-refractivity contribution in [3.05, 3.63) is 164 Å². The van der Waals surface area contributed by atoms with E-state index < -0.39 is 73.2 Å². The lowest BCUT2D eigenvalue weighted by atomic mass is 9.97. The number of aliphatic hydroxyl groups is 2. The van der Waals surface area contributed by atoms with E-state index in [-0.39, 0.29) is 26.4 Å². The van der Waals surface area contributed by atoms with Gasteiger partial charge in [0, 0.05) is 24.0 Å². The number of methoxy groups -OCH3 is 2. The largest absolute Gasteiger partial charge is 0.459 e. The molecule has 2 N–H and O–H groups in total. The third kappa shape index (κ3) is 12.6. The van der Waals surface area contributed by atoms with Crippen LogP contribution in [0.4, 0.5) is 0 Å². The number of carbonyl (C=O) groups is 2. The Morgan fingerprint density at radius 1 is 0.583 bits per heavy atom. The quantitative estimate of drug-likeness (QED) is 0.0600. The molecule has 0 aromatic heterocycles. The van der Waals surface area contributed by atoms with Crippen LogP contribution in [0.5, 0.6) is 0 Å². The van der Waals surface area contributed by atoms with Gasteiger partial charge in [0.25, 0.3) is 0 Å². The fraction of sp³-hybridized carbons (Fsp3) is 0.381. The molecule has 18 nitrogen and oxygen atoms in total. The number of azide groups is 2. The minimum Gasteiger partial charge on any atom is -0.459 e. The molecule has 316 valence electrons. The molecule has 2 aliphatic rings. The van der Waals surface area contributed by atoms with Gasteiger partial charge in [-0.3, -0.25) is 0 Å². The predicted molar refractivity (Wildman–Crippen MR) is 213 cm³/mol. The second kappa shape index (κ2) is 23.6. The van der Waals surface area contributed by atoms with E-state index >= 15 is 0 Å². The molecule has 0 bridgehead atoms. The van der Waals surface area contributed by atoms with Gasteiger partial charge in [0.15, 0.2) is 12.6 Å². The van der Waals surface area contributed by atoms with Crippen LogP contribution >= 0.6 is 0 Å². The molecule has 0 saturated carbocycles. The van der Waals surface area contributed by atoms with Gasteiger partial charge in [-0.25, -0.2) is 9.59 Å². The van der Waals surface area contributed by atoms with Crippen LogP contribution in [-0.2, 0) is 51.1 Å². The topological polar surface area (TPSA) is 246 Å². The number of carbonyl (C=O) groups excluding carboxylic acids is 2. The summed E-state index contributed by atoms with van der Waals surface area (Å²) in [4.78, 5) is 30.0. The smallest absolute Gasteiger partial charge is 0.338 e. The molecule has 6 rings (SSSR count). The van der Waals surface area contributed by atoms with Gasteiger partial charge in [0.1, 0.15) is 37.6 Å². The molecule has 4 aromatic carbocycles. The van der Waals surface area contributed by atoms with Gasteiger partial charge in [-0.15, -0.1) is 0 Å². The summed E-state index contributed by atoms with van der Waals surface area (Å²) in [5.41, 5.74) is 20.5. The standard InChI is InChI=1S/2C21H23N3O6/c2*1-27-21-19(28-12-14-8-4-2-5-9-14)17(23-24-22)18(25)16(30-21)13-29-20(26)15-10-6-3-7-11-15/h2*2-11,16-19,21,25H,12-13H2,1H3/t16?,17-,18+,19?,21+;16?,17-,18+,19?,21-/m00/s1. The molecule has 2 saturated heterocycles. The molecule has 4 aromatic rings. The maximum Gasteiger partial charge on any atom is 0.338 e. The van der Waals surface area contributed by atoms with E-state index in [1.165, 1.54) is 14.2 Å². The highest BCUT2D eigenvalue weighted by Crippen LogP contribution is 2.29. The number of nitrogens with zero attached hydrogens (tertiary/aromatic N) is 6. The van der Waals surface area contributed by atoms with Crippen LogP contribution < -0.4 is 0 Å². The Balaban J connectivity index is 0.000000228. The average molecular weight is 827 g/mol. The van der Waals surface area contributed by atoms with Gasteiger partial charge in [-0.05, 0) is 46.5 Å². The highest BCUT2D eigenvalue weighted by atomic mass is 16.7. The second-order valence-corrected chi connectivity index (χ2v) is 13.4. The number of esters is 2. The number of hydrogen-bond donors (Lipinski definition) is 2. The lowest BCUT2D eigenvalue weighted by Crippen LogP contribution is -2.59. The van der Waals surface area contributed by atoms with E-state index in [0.29, 0.717) is 11.1 Å². The van der Waals surface area contributed by atoms with E-state index in [9.17, 15) is 19.8 Å². The van der Waals surface area contributed by atoms with Crippen LogP contribution in [0.1, 0.15) is 31.8 Å². The fourth-order valence-corrected chi connectivity index (χ4v) is 6.37. The average Bonchev–Trinajstić information content (AvgIpc) is 3.29. The van der Waals surface area contributed by atoms with E-state index in [4.69, 9.17) is 49.0 Å². The van der Waals surface area contributed by atoms with Crippen LogP contribution in [0.15, 0.2) is 132 Å². The zero-order valence-electron chi connectivity index (χ0n) is 32.8. The molecule has 0 amide bonds. The van der Waals surface area contributed by atoms with Gasteiger partial charge in [0.2, 0.25) is 0 Å². The number of benzene rings is 4. The zero-order chi connectivity index (χ0) is 42.7. The van der Waals surface area contributed by atoms with E-state index in [0.717, 1.165) is 11.1 Å². The molecule has 18 heteroatoms. The van der Waals surface area contributed by atoms with Gasteiger partial charge >= 0.3 is 11.9 Å². The van der Waals surface area contributed by atoms with Crippen molar-refractivity contribution in [3.8, 4) is 0 Å². The Labute approximate surface area is 345 Å². The van der Waals surface area contributed by atoms with Crippen LogP contribution in [0, 0.1) is 0 Å². The van der Waals surface area contributed by atoms with Crippen molar-refractivity contribution >= 4 is 11.9 Å². The minimum atomic E-state index is -1.25. The van der Waals surface area contributed by atoms with Crippen molar-refractivity contribution < 1.29 is 57.7 Å². The molecular weight excluding hydrogens is 780 g/mol. The molecular formula is C42H46N6O12. The highest BCUT2D eigenvalue weighted by Gasteiger charge is 2.47. The van der Waals surface area contributed by atoms with Gasteiger partial charge in [0.05, 0.1) is 48.6 Å². The van der Waals surface area contributed by atoms with E-state index in [1.807, 2.05) is 60.7 Å². The van der Waals surface area contributed by atoms with Crippen molar-refractivity contribution in [2.45, 2.75) is 74.5 Å². The molecule has 10 atom stereocenters. The molecule has 60 heavy (non-hydrogen) atoms. The molecule has 0 spiro atoms. The van der Waals surface area contributed by atoms with Gasteiger partial charge in [-0.1, -0.05) is 107 Å². The highest BCUT2D eigenvalue weighted by molar-refractivity contribution is 5.89. The van der Waals surface area contributed by atoms with Crippen LogP contribution in [-0.4, -0.2) is 111 Å². The van der Waals surface area contributed by atoms with Crippen LogP contribution in [0.3, 0.4) is 0 Å². The van der Waals surface area contributed by atoms with Crippen molar-refractivity contribution in [3.63, 3.8) is 0 Å². The lowest BCUT2D eigenvalue weighted by molar-refractivity contribution is -0.279. The lowest BCUT2D eigenvalue weighted by Gasteiger charge is -2.42. The van der Waals surface area contributed by atoms with Crippen molar-refractivity contribution in [1.82, 2.24) is 0 Å². The summed E-state index contributed by atoms with van der Waals surface area (Å²) in [5.74, 6) is -1.11. The Bertz CT molecular complexity index is 1860. The summed E-state index contributed by atoms with van der Waals surface area (Å²) in [7, 11) is 2.84. The maximum absolute atomic E-state index is 12.2. The third-order valence-electron chi connectivity index (χ3n) is 9.47. The minimum absolute atomic E-state index is 0.215. The Morgan fingerprint density at radius 3 is 1.23 bits per heavy atom.